The summed E-state index contributed by atoms with van der Waals surface area (Å²) in [7, 11) is 0. The Labute approximate surface area is 127 Å². The van der Waals surface area contributed by atoms with Gasteiger partial charge in [-0.1, -0.05) is 6.92 Å². The lowest BCUT2D eigenvalue weighted by Crippen LogP contribution is -2.53. The molecule has 5 heteroatoms. The monoisotopic (exact) mass is 292 g/mol. The van der Waals surface area contributed by atoms with Crippen molar-refractivity contribution in [2.24, 2.45) is 5.73 Å². The molecule has 1 heterocycles. The van der Waals surface area contributed by atoms with E-state index in [9.17, 15) is 4.79 Å². The molecule has 21 heavy (non-hydrogen) atoms. The van der Waals surface area contributed by atoms with Crippen LogP contribution in [0.2, 0.25) is 0 Å². The molecule has 1 aliphatic carbocycles. The average Bonchev–Trinajstić information content (AvgIpc) is 3.13. The number of aryl methyl sites for hydroxylation is 2. The quantitative estimate of drug-likeness (QED) is 0.648. The third kappa shape index (κ3) is 4.56. The first kappa shape index (κ1) is 16.0. The van der Waals surface area contributed by atoms with Crippen LogP contribution in [0, 0.1) is 0 Å². The molecule has 1 unspecified atom stereocenters. The molecule has 1 aromatic heterocycles. The highest BCUT2D eigenvalue weighted by atomic mass is 16.1. The number of rotatable bonds is 10. The van der Waals surface area contributed by atoms with Crippen LogP contribution in [0.25, 0.3) is 0 Å². The number of aromatic nitrogens is 2. The van der Waals surface area contributed by atoms with Gasteiger partial charge in [0.15, 0.2) is 0 Å². The highest BCUT2D eigenvalue weighted by Gasteiger charge is 2.36. The van der Waals surface area contributed by atoms with Gasteiger partial charge in [-0.2, -0.15) is 0 Å². The zero-order chi connectivity index (χ0) is 15.3. The number of nitrogens with one attached hydrogen (secondary N) is 1. The molecule has 1 aromatic rings. The SMILES string of the molecule is CCCc1nccn1CCCCC(C)(NC1CC1)C(N)=O. The van der Waals surface area contributed by atoms with Gasteiger partial charge in [-0.05, 0) is 45.4 Å². The Balaban J connectivity index is 1.76. The normalized spacial score (nSPS) is 17.6. The second kappa shape index (κ2) is 7.07. The largest absolute Gasteiger partial charge is 0.368 e. The van der Waals surface area contributed by atoms with E-state index < -0.39 is 5.54 Å². The van der Waals surface area contributed by atoms with Crippen LogP contribution < -0.4 is 11.1 Å². The maximum absolute atomic E-state index is 11.7. The molecule has 2 rings (SSSR count). The standard InChI is InChI=1S/C16H28N4O/c1-3-6-14-18-10-12-20(14)11-5-4-9-16(2,15(17)21)19-13-7-8-13/h10,12-13,19H,3-9,11H2,1-2H3,(H2,17,21). The van der Waals surface area contributed by atoms with Crippen LogP contribution in [0.15, 0.2) is 12.4 Å². The second-order valence-electron chi connectivity index (χ2n) is 6.36. The molecule has 118 valence electrons. The number of primary amides is 1. The fourth-order valence-corrected chi connectivity index (χ4v) is 2.70. The summed E-state index contributed by atoms with van der Waals surface area (Å²) in [5, 5.41) is 3.40. The van der Waals surface area contributed by atoms with Crippen LogP contribution in [0.4, 0.5) is 0 Å². The number of carbonyl (C=O) groups is 1. The van der Waals surface area contributed by atoms with Crippen LogP contribution >= 0.6 is 0 Å². The number of nitrogens with two attached hydrogens (primary N) is 1. The maximum Gasteiger partial charge on any atom is 0.237 e. The molecule has 1 saturated carbocycles. The van der Waals surface area contributed by atoms with Crippen molar-refractivity contribution in [1.29, 1.82) is 0 Å². The van der Waals surface area contributed by atoms with Gasteiger partial charge in [0.1, 0.15) is 5.82 Å². The number of carbonyl (C=O) groups excluding carboxylic acids is 1. The topological polar surface area (TPSA) is 72.9 Å². The fraction of sp³-hybridized carbons (Fsp3) is 0.750. The summed E-state index contributed by atoms with van der Waals surface area (Å²) in [6, 6.07) is 0.493. The lowest BCUT2D eigenvalue weighted by molar-refractivity contribution is -0.124. The van der Waals surface area contributed by atoms with Crippen LogP contribution in [0.1, 0.15) is 58.2 Å². The first-order valence-electron chi connectivity index (χ1n) is 8.13. The van der Waals surface area contributed by atoms with E-state index in [0.29, 0.717) is 6.04 Å². The zero-order valence-corrected chi connectivity index (χ0v) is 13.3. The first-order chi connectivity index (χ1) is 10.0. The number of hydrogen-bond donors (Lipinski definition) is 2. The molecular weight excluding hydrogens is 264 g/mol. The molecule has 1 aliphatic rings. The Morgan fingerprint density at radius 2 is 2.29 bits per heavy atom. The molecule has 0 aromatic carbocycles. The van der Waals surface area contributed by atoms with Gasteiger partial charge < -0.3 is 15.6 Å². The van der Waals surface area contributed by atoms with E-state index in [1.807, 2.05) is 19.3 Å². The third-order valence-electron chi connectivity index (χ3n) is 4.24. The number of unbranched alkanes of at least 4 members (excludes halogenated alkanes) is 1. The van der Waals surface area contributed by atoms with E-state index in [4.69, 9.17) is 5.73 Å². The summed E-state index contributed by atoms with van der Waals surface area (Å²) in [4.78, 5) is 16.1. The van der Waals surface area contributed by atoms with Crippen molar-refractivity contribution in [3.8, 4) is 0 Å². The van der Waals surface area contributed by atoms with Crippen LogP contribution in [0.5, 0.6) is 0 Å². The van der Waals surface area contributed by atoms with Gasteiger partial charge in [-0.25, -0.2) is 4.98 Å². The molecule has 0 bridgehead atoms. The molecule has 3 N–H and O–H groups in total. The minimum absolute atomic E-state index is 0.233. The van der Waals surface area contributed by atoms with Crippen molar-refractivity contribution in [2.45, 2.75) is 76.9 Å². The van der Waals surface area contributed by atoms with Crippen molar-refractivity contribution >= 4 is 5.91 Å². The number of hydrogen-bond acceptors (Lipinski definition) is 3. The summed E-state index contributed by atoms with van der Waals surface area (Å²) < 4.78 is 2.22. The Bertz CT molecular complexity index is 467. The molecule has 0 radical (unpaired) electrons. The first-order valence-corrected chi connectivity index (χ1v) is 8.13. The smallest absolute Gasteiger partial charge is 0.237 e. The third-order valence-corrected chi connectivity index (χ3v) is 4.24. The van der Waals surface area contributed by atoms with E-state index in [1.165, 1.54) is 0 Å². The zero-order valence-electron chi connectivity index (χ0n) is 13.3. The minimum atomic E-state index is -0.553. The number of nitrogens with zero attached hydrogens (tertiary/aromatic N) is 2. The van der Waals surface area contributed by atoms with Crippen molar-refractivity contribution in [3.05, 3.63) is 18.2 Å². The van der Waals surface area contributed by atoms with E-state index in [1.54, 1.807) is 0 Å². The van der Waals surface area contributed by atoms with E-state index >= 15 is 0 Å². The predicted molar refractivity (Wildman–Crippen MR) is 83.8 cm³/mol. The van der Waals surface area contributed by atoms with Gasteiger partial charge in [0.25, 0.3) is 0 Å². The van der Waals surface area contributed by atoms with Crippen molar-refractivity contribution < 1.29 is 4.79 Å². The fourth-order valence-electron chi connectivity index (χ4n) is 2.70. The van der Waals surface area contributed by atoms with Gasteiger partial charge in [-0.15, -0.1) is 0 Å². The molecular formula is C16H28N4O. The van der Waals surface area contributed by atoms with Crippen LogP contribution in [-0.4, -0.2) is 27.0 Å². The van der Waals surface area contributed by atoms with Crippen molar-refractivity contribution in [3.63, 3.8) is 0 Å². The average molecular weight is 292 g/mol. The Morgan fingerprint density at radius 1 is 1.52 bits per heavy atom. The molecule has 1 amide bonds. The molecule has 0 aliphatic heterocycles. The molecule has 0 spiro atoms. The van der Waals surface area contributed by atoms with Gasteiger partial charge in [0, 0.05) is 31.4 Å². The second-order valence-corrected chi connectivity index (χ2v) is 6.36. The molecule has 1 fully saturated rings. The summed E-state index contributed by atoms with van der Waals surface area (Å²) in [6.07, 6.45) is 11.2. The Morgan fingerprint density at radius 3 is 2.90 bits per heavy atom. The van der Waals surface area contributed by atoms with Gasteiger partial charge in [-0.3, -0.25) is 4.79 Å². The van der Waals surface area contributed by atoms with E-state index in [2.05, 4.69) is 21.8 Å². The van der Waals surface area contributed by atoms with Crippen molar-refractivity contribution in [1.82, 2.24) is 14.9 Å². The molecule has 0 saturated heterocycles. The Kier molecular flexibility index (Phi) is 5.39. The summed E-state index contributed by atoms with van der Waals surface area (Å²) in [5.41, 5.74) is 5.02. The summed E-state index contributed by atoms with van der Waals surface area (Å²) >= 11 is 0. The van der Waals surface area contributed by atoms with E-state index in [0.717, 1.165) is 57.3 Å². The Hall–Kier alpha value is -1.36. The van der Waals surface area contributed by atoms with Gasteiger partial charge >= 0.3 is 0 Å². The number of imidazole rings is 1. The molecule has 5 nitrogen and oxygen atoms in total. The lowest BCUT2D eigenvalue weighted by atomic mass is 9.93. The maximum atomic E-state index is 11.7. The highest BCUT2D eigenvalue weighted by molar-refractivity contribution is 5.84. The lowest BCUT2D eigenvalue weighted by Gasteiger charge is -2.27. The van der Waals surface area contributed by atoms with E-state index in [-0.39, 0.29) is 5.91 Å². The predicted octanol–water partition coefficient (Wildman–Crippen LogP) is 2.00. The highest BCUT2D eigenvalue weighted by Crippen LogP contribution is 2.25. The van der Waals surface area contributed by atoms with Crippen LogP contribution in [-0.2, 0) is 17.8 Å². The van der Waals surface area contributed by atoms with Gasteiger partial charge in [0.2, 0.25) is 5.91 Å². The summed E-state index contributed by atoms with van der Waals surface area (Å²) in [5.74, 6) is 0.926. The minimum Gasteiger partial charge on any atom is -0.368 e. The van der Waals surface area contributed by atoms with Crippen molar-refractivity contribution in [2.75, 3.05) is 0 Å². The summed E-state index contributed by atoms with van der Waals surface area (Å²) in [6.45, 7) is 5.07. The molecule has 1 atom stereocenters. The van der Waals surface area contributed by atoms with Gasteiger partial charge in [0.05, 0.1) is 5.54 Å². The number of amides is 1. The van der Waals surface area contributed by atoms with Crippen LogP contribution in [0.3, 0.4) is 0 Å².